The largest absolute Gasteiger partial charge is 0.378 e. The second kappa shape index (κ2) is 5.58. The van der Waals surface area contributed by atoms with E-state index < -0.39 is 0 Å². The van der Waals surface area contributed by atoms with E-state index in [1.807, 2.05) is 20.2 Å². The molecular formula is C13H13NS3. The summed E-state index contributed by atoms with van der Waals surface area (Å²) >= 11 is 5.10. The zero-order chi connectivity index (χ0) is 12.3. The summed E-state index contributed by atoms with van der Waals surface area (Å²) in [4.78, 5) is 3.31. The average molecular weight is 279 g/mol. The molecule has 0 unspecified atom stereocenters. The van der Waals surface area contributed by atoms with Crippen molar-refractivity contribution >= 4 is 50.7 Å². The Kier molecular flexibility index (Phi) is 4.10. The van der Waals surface area contributed by atoms with Crippen LogP contribution in [0.15, 0.2) is 30.3 Å². The van der Waals surface area contributed by atoms with Crippen molar-refractivity contribution in [2.45, 2.75) is 0 Å². The van der Waals surface area contributed by atoms with E-state index in [0.717, 1.165) is 3.82 Å². The van der Waals surface area contributed by atoms with Gasteiger partial charge in [0.05, 0.1) is 0 Å². The molecule has 0 amide bonds. The van der Waals surface area contributed by atoms with Gasteiger partial charge in [0, 0.05) is 24.7 Å². The van der Waals surface area contributed by atoms with E-state index in [2.05, 4.69) is 41.3 Å². The van der Waals surface area contributed by atoms with E-state index in [-0.39, 0.29) is 0 Å². The topological polar surface area (TPSA) is 3.24 Å². The first-order valence-electron chi connectivity index (χ1n) is 5.21. The fourth-order valence-corrected chi connectivity index (χ4v) is 3.61. The first-order chi connectivity index (χ1) is 8.15. The Hall–Kier alpha value is -0.970. The molecular weight excluding hydrogens is 266 g/mol. The van der Waals surface area contributed by atoms with Crippen LogP contribution in [0.5, 0.6) is 0 Å². The maximum Gasteiger partial charge on any atom is 0.102 e. The molecule has 0 atom stereocenters. The van der Waals surface area contributed by atoms with Crippen LogP contribution in [0, 0.1) is 3.82 Å². The zero-order valence-electron chi connectivity index (χ0n) is 9.71. The summed E-state index contributed by atoms with van der Waals surface area (Å²) in [5.74, 6) is 0. The molecule has 88 valence electrons. The van der Waals surface area contributed by atoms with E-state index in [1.165, 1.54) is 16.1 Å². The minimum Gasteiger partial charge on any atom is -0.378 e. The van der Waals surface area contributed by atoms with Gasteiger partial charge in [-0.25, -0.2) is 0 Å². The molecule has 0 aliphatic rings. The third-order valence-electron chi connectivity index (χ3n) is 2.33. The summed E-state index contributed by atoms with van der Waals surface area (Å²) in [6.07, 6.45) is 4.23. The van der Waals surface area contributed by atoms with Gasteiger partial charge < -0.3 is 4.90 Å². The SMILES string of the molecule is CN(C)c1ccc(C=Cc2cc(=S)ss2)cc1. The minimum atomic E-state index is 0.956. The quantitative estimate of drug-likeness (QED) is 0.588. The molecule has 0 aliphatic heterocycles. The normalized spacial score (nSPS) is 10.9. The molecule has 0 N–H and O–H groups in total. The first-order valence-corrected chi connectivity index (χ1v) is 7.76. The highest BCUT2D eigenvalue weighted by molar-refractivity contribution is 7.79. The predicted molar refractivity (Wildman–Crippen MR) is 82.7 cm³/mol. The summed E-state index contributed by atoms with van der Waals surface area (Å²) < 4.78 is 0.956. The van der Waals surface area contributed by atoms with Crippen LogP contribution in [0.25, 0.3) is 12.2 Å². The van der Waals surface area contributed by atoms with Gasteiger partial charge in [-0.3, -0.25) is 0 Å². The highest BCUT2D eigenvalue weighted by Gasteiger charge is 1.94. The van der Waals surface area contributed by atoms with Crippen molar-refractivity contribution < 1.29 is 0 Å². The van der Waals surface area contributed by atoms with Crippen molar-refractivity contribution in [1.29, 1.82) is 0 Å². The van der Waals surface area contributed by atoms with Crippen molar-refractivity contribution in [3.63, 3.8) is 0 Å². The number of rotatable bonds is 3. The standard InChI is InChI=1S/C13H13NS3/c1-14(2)11-6-3-10(4-7-11)5-8-12-9-13(15)17-16-12/h3-9H,1-2H3. The molecule has 2 rings (SSSR count). The van der Waals surface area contributed by atoms with Gasteiger partial charge in [0.2, 0.25) is 0 Å². The Bertz CT molecular complexity index is 561. The fourth-order valence-electron chi connectivity index (χ4n) is 1.39. The molecule has 0 saturated carbocycles. The Labute approximate surface area is 114 Å². The van der Waals surface area contributed by atoms with Gasteiger partial charge in [0.25, 0.3) is 0 Å². The smallest absolute Gasteiger partial charge is 0.102 e. The van der Waals surface area contributed by atoms with Gasteiger partial charge in [0.15, 0.2) is 0 Å². The Morgan fingerprint density at radius 1 is 1.06 bits per heavy atom. The van der Waals surface area contributed by atoms with Crippen LogP contribution < -0.4 is 4.90 Å². The second-order valence-electron chi connectivity index (χ2n) is 3.85. The van der Waals surface area contributed by atoms with Crippen LogP contribution in [0.3, 0.4) is 0 Å². The lowest BCUT2D eigenvalue weighted by Crippen LogP contribution is -2.07. The molecule has 1 nitrogen and oxygen atoms in total. The number of hydrogen-bond acceptors (Lipinski definition) is 4. The first kappa shape index (κ1) is 12.5. The maximum absolute atomic E-state index is 5.10. The molecule has 17 heavy (non-hydrogen) atoms. The lowest BCUT2D eigenvalue weighted by molar-refractivity contribution is 1.13. The fraction of sp³-hybridized carbons (Fsp3) is 0.154. The van der Waals surface area contributed by atoms with Gasteiger partial charge in [-0.1, -0.05) is 51.1 Å². The molecule has 0 bridgehead atoms. The summed E-state index contributed by atoms with van der Waals surface area (Å²) in [6.45, 7) is 0. The summed E-state index contributed by atoms with van der Waals surface area (Å²) in [5, 5.41) is 0. The van der Waals surface area contributed by atoms with Gasteiger partial charge in [-0.05, 0) is 29.8 Å². The molecule has 4 heteroatoms. The Morgan fingerprint density at radius 2 is 1.76 bits per heavy atom. The van der Waals surface area contributed by atoms with Crippen LogP contribution >= 0.6 is 32.9 Å². The van der Waals surface area contributed by atoms with Crippen molar-refractivity contribution in [3.05, 3.63) is 44.6 Å². The van der Waals surface area contributed by atoms with Crippen molar-refractivity contribution in [2.24, 2.45) is 0 Å². The van der Waals surface area contributed by atoms with Gasteiger partial charge in [-0.2, -0.15) is 0 Å². The van der Waals surface area contributed by atoms with E-state index >= 15 is 0 Å². The third-order valence-corrected chi connectivity index (χ3v) is 5.19. The number of hydrogen-bond donors (Lipinski definition) is 0. The van der Waals surface area contributed by atoms with Gasteiger partial charge >= 0.3 is 0 Å². The molecule has 0 saturated heterocycles. The van der Waals surface area contributed by atoms with Crippen LogP contribution in [0.2, 0.25) is 0 Å². The minimum absolute atomic E-state index is 0.956. The van der Waals surface area contributed by atoms with E-state index in [9.17, 15) is 0 Å². The molecule has 0 radical (unpaired) electrons. The molecule has 2 aromatic rings. The summed E-state index contributed by atoms with van der Waals surface area (Å²) in [6, 6.07) is 10.5. The van der Waals surface area contributed by atoms with Crippen LogP contribution in [0.4, 0.5) is 5.69 Å². The van der Waals surface area contributed by atoms with Crippen molar-refractivity contribution in [3.8, 4) is 0 Å². The summed E-state index contributed by atoms with van der Waals surface area (Å²) in [5.41, 5.74) is 2.42. The molecule has 0 fully saturated rings. The van der Waals surface area contributed by atoms with Crippen LogP contribution in [0.1, 0.15) is 10.4 Å². The monoisotopic (exact) mass is 279 g/mol. The Balaban J connectivity index is 2.13. The maximum atomic E-state index is 5.10. The third kappa shape index (κ3) is 3.49. The lowest BCUT2D eigenvalue weighted by Gasteiger charge is -2.11. The van der Waals surface area contributed by atoms with Crippen molar-refractivity contribution in [1.82, 2.24) is 0 Å². The molecule has 0 aliphatic carbocycles. The second-order valence-corrected chi connectivity index (χ2v) is 6.79. The molecule has 0 spiro atoms. The lowest BCUT2D eigenvalue weighted by atomic mass is 10.2. The van der Waals surface area contributed by atoms with E-state index in [4.69, 9.17) is 12.2 Å². The zero-order valence-corrected chi connectivity index (χ0v) is 12.2. The molecule has 1 aromatic carbocycles. The van der Waals surface area contributed by atoms with Crippen LogP contribution in [-0.2, 0) is 0 Å². The number of nitrogens with zero attached hydrogens (tertiary/aromatic N) is 1. The molecule has 1 heterocycles. The summed E-state index contributed by atoms with van der Waals surface area (Å²) in [7, 11) is 7.45. The predicted octanol–water partition coefficient (Wildman–Crippen LogP) is 4.78. The highest BCUT2D eigenvalue weighted by Crippen LogP contribution is 2.21. The van der Waals surface area contributed by atoms with Gasteiger partial charge in [0.1, 0.15) is 3.82 Å². The van der Waals surface area contributed by atoms with Crippen molar-refractivity contribution in [2.75, 3.05) is 19.0 Å². The Morgan fingerprint density at radius 3 is 2.29 bits per heavy atom. The molecule has 1 aromatic heterocycles. The highest BCUT2D eigenvalue weighted by atomic mass is 32.9. The average Bonchev–Trinajstić information content (AvgIpc) is 2.73. The van der Waals surface area contributed by atoms with Gasteiger partial charge in [-0.15, -0.1) is 0 Å². The van der Waals surface area contributed by atoms with Crippen LogP contribution in [-0.4, -0.2) is 14.1 Å². The number of anilines is 1. The van der Waals surface area contributed by atoms with E-state index in [0.29, 0.717) is 0 Å². The van der Waals surface area contributed by atoms with E-state index in [1.54, 1.807) is 20.7 Å². The number of benzene rings is 1.